The second-order valence-electron chi connectivity index (χ2n) is 0. The second-order valence-corrected chi connectivity index (χ2v) is 0. The predicted molar refractivity (Wildman–Crippen MR) is 6.44 cm³/mol. The molecule has 1 nitrogen and oxygen atoms in total. The molecule has 0 amide bonds. The van der Waals surface area contributed by atoms with E-state index < -0.39 is 0 Å². The molecule has 0 atom stereocenters. The Morgan fingerprint density at radius 1 is 1.00 bits per heavy atom. The summed E-state index contributed by atoms with van der Waals surface area (Å²) >= 11 is 0. The van der Waals surface area contributed by atoms with E-state index in [0.717, 1.165) is 0 Å². The molecule has 0 saturated carbocycles. The summed E-state index contributed by atoms with van der Waals surface area (Å²) in [5, 5.41) is 0. The van der Waals surface area contributed by atoms with Crippen LogP contribution in [0.1, 0.15) is 0 Å². The SMILES string of the molecule is [In+3].[O-2].[Zn+2].[Zr+4]. The van der Waals surface area contributed by atoms with Crippen LogP contribution in [0.3, 0.4) is 0 Å². The fourth-order valence-electron chi connectivity index (χ4n) is 0. The molecular formula is InOZnZr+7. The van der Waals surface area contributed by atoms with Gasteiger partial charge in [-0.05, 0) is 0 Å². The van der Waals surface area contributed by atoms with E-state index in [1.807, 2.05) is 0 Å². The maximum absolute atomic E-state index is 0. The average molecular weight is 287 g/mol. The number of rotatable bonds is 0. The van der Waals surface area contributed by atoms with Crippen LogP contribution in [0.5, 0.6) is 0 Å². The summed E-state index contributed by atoms with van der Waals surface area (Å²) in [6, 6.07) is 0. The summed E-state index contributed by atoms with van der Waals surface area (Å²) in [5.41, 5.74) is 0. The van der Waals surface area contributed by atoms with Gasteiger partial charge in [-0.1, -0.05) is 0 Å². The average Bonchev–Trinajstić information content (AvgIpc) is 0. The minimum Gasteiger partial charge on any atom is -2.00 e. The van der Waals surface area contributed by atoms with Gasteiger partial charge in [-0.2, -0.15) is 0 Å². The Bertz CT molecular complexity index is 8.00. The molecule has 0 radical (unpaired) electrons. The van der Waals surface area contributed by atoms with Gasteiger partial charge in [-0.25, -0.2) is 0 Å². The zero-order valence-electron chi connectivity index (χ0n) is 2.19. The van der Waals surface area contributed by atoms with Crippen LogP contribution in [-0.4, -0.2) is 25.8 Å². The Labute approximate surface area is 75.9 Å². The van der Waals surface area contributed by atoms with E-state index in [-0.39, 0.29) is 77.0 Å². The van der Waals surface area contributed by atoms with Crippen molar-refractivity contribution in [2.24, 2.45) is 0 Å². The molecule has 8 valence electrons. The quantitative estimate of drug-likeness (QED) is 0.537. The molecule has 0 heterocycles. The standard InChI is InChI=1S/In.O.Zn.Zr/q+3;-2;+2;+4. The Hall–Kier alpha value is 2.34. The Morgan fingerprint density at radius 2 is 1.00 bits per heavy atom. The minimum atomic E-state index is 0. The van der Waals surface area contributed by atoms with Crippen LogP contribution in [0.4, 0.5) is 0 Å². The van der Waals surface area contributed by atoms with Crippen LogP contribution >= 0.6 is 0 Å². The zero-order chi connectivity index (χ0) is 0. The van der Waals surface area contributed by atoms with Gasteiger partial charge < -0.3 is 5.48 Å². The molecule has 0 bridgehead atoms. The first-order chi connectivity index (χ1) is 0. The Morgan fingerprint density at radius 3 is 1.00 bits per heavy atom. The van der Waals surface area contributed by atoms with Crippen molar-refractivity contribution in [3.63, 3.8) is 0 Å². The van der Waals surface area contributed by atoms with Crippen molar-refractivity contribution in [3.8, 4) is 0 Å². The van der Waals surface area contributed by atoms with E-state index in [1.165, 1.54) is 0 Å². The maximum Gasteiger partial charge on any atom is 4.00 e. The van der Waals surface area contributed by atoms with Crippen molar-refractivity contribution in [2.75, 3.05) is 0 Å². The van der Waals surface area contributed by atoms with Crippen molar-refractivity contribution in [3.05, 3.63) is 0 Å². The molecule has 0 aliphatic rings. The fourth-order valence-corrected chi connectivity index (χ4v) is 0. The molecular weight excluding hydrogens is 287 g/mol. The smallest absolute Gasteiger partial charge is 2.00 e. The van der Waals surface area contributed by atoms with Crippen molar-refractivity contribution < 1.29 is 51.2 Å². The van der Waals surface area contributed by atoms with E-state index in [9.17, 15) is 0 Å². The first-order valence-electron chi connectivity index (χ1n) is 0. The fraction of sp³-hybridized carbons (Fsp3) is 0. The van der Waals surface area contributed by atoms with Crippen LogP contribution < -0.4 is 0 Å². The van der Waals surface area contributed by atoms with Crippen LogP contribution in [-0.2, 0) is 51.2 Å². The maximum atomic E-state index is 0. The summed E-state index contributed by atoms with van der Waals surface area (Å²) in [5.74, 6) is 0. The van der Waals surface area contributed by atoms with Crippen molar-refractivity contribution in [2.45, 2.75) is 0 Å². The Kier molecular flexibility index (Phi) is 152. The first kappa shape index (κ1) is 33.1. The van der Waals surface area contributed by atoms with Gasteiger partial charge in [0, 0.05) is 0 Å². The molecule has 0 N–H and O–H groups in total. The molecule has 0 spiro atoms. The van der Waals surface area contributed by atoms with Crippen LogP contribution in [0.15, 0.2) is 0 Å². The summed E-state index contributed by atoms with van der Waals surface area (Å²) in [6.07, 6.45) is 0. The minimum absolute atomic E-state index is 0. The molecule has 4 heavy (non-hydrogen) atoms. The van der Waals surface area contributed by atoms with E-state index in [0.29, 0.717) is 0 Å². The second kappa shape index (κ2) is 18.4. The third kappa shape index (κ3) is 8.84. The van der Waals surface area contributed by atoms with Gasteiger partial charge >= 0.3 is 71.5 Å². The molecule has 0 unspecified atom stereocenters. The van der Waals surface area contributed by atoms with Gasteiger partial charge in [0.05, 0.1) is 0 Å². The van der Waals surface area contributed by atoms with E-state index in [1.54, 1.807) is 0 Å². The molecule has 0 fully saturated rings. The largest absolute Gasteiger partial charge is 4.00 e. The summed E-state index contributed by atoms with van der Waals surface area (Å²) < 4.78 is 0. The molecule has 0 aliphatic carbocycles. The zero-order valence-corrected chi connectivity index (χ0v) is 10.9. The topological polar surface area (TPSA) is 28.5 Å². The molecule has 4 heteroatoms. The summed E-state index contributed by atoms with van der Waals surface area (Å²) in [7, 11) is 0. The predicted octanol–water partition coefficient (Wildman–Crippen LogP) is -0.505. The monoisotopic (exact) mass is 285 g/mol. The third-order valence-electron chi connectivity index (χ3n) is 0. The molecule has 0 aromatic rings. The van der Waals surface area contributed by atoms with Gasteiger partial charge in [0.2, 0.25) is 0 Å². The van der Waals surface area contributed by atoms with Crippen molar-refractivity contribution in [1.29, 1.82) is 0 Å². The normalized spacial score (nSPS) is 0. The third-order valence-corrected chi connectivity index (χ3v) is 0. The van der Waals surface area contributed by atoms with Gasteiger partial charge in [0.15, 0.2) is 0 Å². The molecule has 0 aromatic carbocycles. The number of hydrogen-bond acceptors (Lipinski definition) is 0. The van der Waals surface area contributed by atoms with E-state index in [4.69, 9.17) is 0 Å². The molecule has 0 aliphatic heterocycles. The van der Waals surface area contributed by atoms with Gasteiger partial charge in [0.1, 0.15) is 0 Å². The van der Waals surface area contributed by atoms with Crippen LogP contribution in [0.25, 0.3) is 0 Å². The summed E-state index contributed by atoms with van der Waals surface area (Å²) in [4.78, 5) is 0. The molecule has 0 rings (SSSR count). The van der Waals surface area contributed by atoms with Crippen molar-refractivity contribution >= 4 is 25.8 Å². The van der Waals surface area contributed by atoms with E-state index in [2.05, 4.69) is 0 Å². The van der Waals surface area contributed by atoms with Gasteiger partial charge in [-0.3, -0.25) is 0 Å². The van der Waals surface area contributed by atoms with Gasteiger partial charge in [0.25, 0.3) is 0 Å². The van der Waals surface area contributed by atoms with Crippen molar-refractivity contribution in [1.82, 2.24) is 0 Å². The van der Waals surface area contributed by atoms with Crippen LogP contribution in [0.2, 0.25) is 0 Å². The molecule has 0 aromatic heterocycles. The Balaban J connectivity index is 0. The number of hydrogen-bond donors (Lipinski definition) is 0. The summed E-state index contributed by atoms with van der Waals surface area (Å²) in [6.45, 7) is 0. The first-order valence-corrected chi connectivity index (χ1v) is 0. The van der Waals surface area contributed by atoms with Crippen LogP contribution in [0, 0.1) is 0 Å². The molecule has 0 saturated heterocycles. The van der Waals surface area contributed by atoms with Gasteiger partial charge in [-0.15, -0.1) is 0 Å². The van der Waals surface area contributed by atoms with E-state index >= 15 is 0 Å².